The number of fused-ring (bicyclic) bond motifs is 1. The molecule has 1 aliphatic rings. The smallest absolute Gasteiger partial charge is 0.190 e. The molecule has 0 bridgehead atoms. The molecule has 0 saturated heterocycles. The van der Waals surface area contributed by atoms with Gasteiger partial charge in [0, 0.05) is 36.1 Å². The summed E-state index contributed by atoms with van der Waals surface area (Å²) in [4.78, 5) is 7.03. The molecule has 1 aliphatic heterocycles. The predicted molar refractivity (Wildman–Crippen MR) is 116 cm³/mol. The first-order valence-corrected chi connectivity index (χ1v) is 9.91. The molecule has 7 heteroatoms. The van der Waals surface area contributed by atoms with Crippen LogP contribution in [0.2, 0.25) is 0 Å². The number of allylic oxidation sites excluding steroid dienone is 1. The second-order valence-corrected chi connectivity index (χ2v) is 7.84. The summed E-state index contributed by atoms with van der Waals surface area (Å²) in [5.74, 6) is 2.09. The Morgan fingerprint density at radius 1 is 1.19 bits per heavy atom. The van der Waals surface area contributed by atoms with Gasteiger partial charge in [0.1, 0.15) is 5.82 Å². The van der Waals surface area contributed by atoms with E-state index in [0.29, 0.717) is 0 Å². The largest absolute Gasteiger partial charge is 0.320 e. The normalized spacial score (nSPS) is 14.3. The van der Waals surface area contributed by atoms with Crippen LogP contribution in [-0.2, 0) is 19.5 Å². The number of aryl methyl sites for hydroxylation is 2. The molecule has 0 aliphatic carbocycles. The topological polar surface area (TPSA) is 48.0 Å². The lowest BCUT2D eigenvalue weighted by molar-refractivity contribution is 0.636. The molecular weight excluding hydrogens is 422 g/mol. The summed E-state index contributed by atoms with van der Waals surface area (Å²) >= 11 is 1.69. The highest BCUT2D eigenvalue weighted by Gasteiger charge is 2.15. The van der Waals surface area contributed by atoms with Gasteiger partial charge in [0.25, 0.3) is 0 Å². The monoisotopic (exact) mass is 445 g/mol. The van der Waals surface area contributed by atoms with E-state index in [4.69, 9.17) is 4.99 Å². The van der Waals surface area contributed by atoms with Crippen molar-refractivity contribution in [1.82, 2.24) is 19.3 Å². The van der Waals surface area contributed by atoms with Gasteiger partial charge in [-0.3, -0.25) is 0 Å². The number of hydrogen-bond acceptors (Lipinski definition) is 4. The third-order valence-electron chi connectivity index (χ3n) is 4.62. The molecule has 0 radical (unpaired) electrons. The lowest BCUT2D eigenvalue weighted by atomic mass is 10.2. The van der Waals surface area contributed by atoms with Crippen LogP contribution in [-0.4, -0.2) is 19.3 Å². The Morgan fingerprint density at radius 2 is 2.00 bits per heavy atom. The van der Waals surface area contributed by atoms with Gasteiger partial charge in [0.2, 0.25) is 0 Å². The number of aromatic nitrogens is 4. The van der Waals surface area contributed by atoms with E-state index < -0.39 is 0 Å². The molecule has 0 spiro atoms. The van der Waals surface area contributed by atoms with Gasteiger partial charge >= 0.3 is 0 Å². The first-order valence-electron chi connectivity index (χ1n) is 9.09. The zero-order valence-electron chi connectivity index (χ0n) is 15.5. The number of thiazole rings is 1. The van der Waals surface area contributed by atoms with Gasteiger partial charge in [-0.2, -0.15) is 0 Å². The number of benzene rings is 1. The van der Waals surface area contributed by atoms with Crippen molar-refractivity contribution in [2.24, 2.45) is 4.99 Å². The van der Waals surface area contributed by atoms with E-state index in [1.807, 2.05) is 6.08 Å². The van der Waals surface area contributed by atoms with E-state index in [-0.39, 0.29) is 17.0 Å². The van der Waals surface area contributed by atoms with Crippen LogP contribution in [0.5, 0.6) is 0 Å². The fourth-order valence-electron chi connectivity index (χ4n) is 3.35. The average molecular weight is 446 g/mol. The highest BCUT2D eigenvalue weighted by atomic mass is 79.9. The van der Waals surface area contributed by atoms with Crippen molar-refractivity contribution in [3.63, 3.8) is 0 Å². The summed E-state index contributed by atoms with van der Waals surface area (Å²) in [5, 5.41) is 8.83. The van der Waals surface area contributed by atoms with Crippen LogP contribution in [0, 0.1) is 6.92 Å². The fraction of sp³-hybridized carbons (Fsp3) is 0.350. The Balaban J connectivity index is 0.00000210. The van der Waals surface area contributed by atoms with Crippen molar-refractivity contribution in [2.75, 3.05) is 0 Å². The molecule has 4 rings (SSSR count). The second-order valence-electron chi connectivity index (χ2n) is 6.63. The van der Waals surface area contributed by atoms with Crippen LogP contribution < -0.4 is 4.80 Å². The number of hydrogen-bond donors (Lipinski definition) is 0. The fourth-order valence-corrected chi connectivity index (χ4v) is 4.22. The maximum atomic E-state index is 4.80. The second kappa shape index (κ2) is 8.80. The molecule has 1 aromatic carbocycles. The van der Waals surface area contributed by atoms with Crippen molar-refractivity contribution in [1.29, 1.82) is 0 Å². The molecule has 0 amide bonds. The molecule has 0 saturated carbocycles. The molecule has 3 heterocycles. The molecule has 3 aromatic rings. The van der Waals surface area contributed by atoms with Gasteiger partial charge < -0.3 is 9.13 Å². The van der Waals surface area contributed by atoms with Gasteiger partial charge in [0.15, 0.2) is 10.6 Å². The van der Waals surface area contributed by atoms with E-state index in [1.165, 1.54) is 24.1 Å². The maximum absolute atomic E-state index is 4.80. The Bertz CT molecular complexity index is 981. The molecular formula is C20H24BrN5S. The van der Waals surface area contributed by atoms with E-state index in [1.54, 1.807) is 11.3 Å². The summed E-state index contributed by atoms with van der Waals surface area (Å²) in [6.45, 7) is 7.71. The van der Waals surface area contributed by atoms with Gasteiger partial charge in [-0.05, 0) is 44.0 Å². The lowest BCUT2D eigenvalue weighted by Crippen LogP contribution is -2.12. The molecule has 5 nitrogen and oxygen atoms in total. The van der Waals surface area contributed by atoms with E-state index in [2.05, 4.69) is 63.3 Å². The first kappa shape index (κ1) is 19.8. The Morgan fingerprint density at radius 3 is 2.78 bits per heavy atom. The van der Waals surface area contributed by atoms with Gasteiger partial charge in [-0.25, -0.2) is 4.99 Å². The molecule has 142 valence electrons. The molecule has 2 aromatic heterocycles. The van der Waals surface area contributed by atoms with Crippen molar-refractivity contribution >= 4 is 34.0 Å². The summed E-state index contributed by atoms with van der Waals surface area (Å²) in [6.07, 6.45) is 8.72. The van der Waals surface area contributed by atoms with Gasteiger partial charge in [0.05, 0.1) is 5.69 Å². The van der Waals surface area contributed by atoms with Crippen molar-refractivity contribution in [3.8, 4) is 11.4 Å². The number of nitrogens with zero attached hydrogens (tertiary/aromatic N) is 5. The summed E-state index contributed by atoms with van der Waals surface area (Å²) in [5.41, 5.74) is 2.05. The minimum Gasteiger partial charge on any atom is -0.320 e. The maximum Gasteiger partial charge on any atom is 0.190 e. The Hall–Kier alpha value is -1.99. The summed E-state index contributed by atoms with van der Waals surface area (Å²) in [6, 6.07) is 8.31. The predicted octanol–water partition coefficient (Wildman–Crippen LogP) is 4.84. The van der Waals surface area contributed by atoms with Gasteiger partial charge in [-0.15, -0.1) is 45.1 Å². The van der Waals surface area contributed by atoms with Crippen LogP contribution in [0.3, 0.4) is 0 Å². The Labute approximate surface area is 173 Å². The quantitative estimate of drug-likeness (QED) is 0.539. The zero-order chi connectivity index (χ0) is 17.9. The van der Waals surface area contributed by atoms with Gasteiger partial charge in [-0.1, -0.05) is 12.5 Å². The highest BCUT2D eigenvalue weighted by Crippen LogP contribution is 2.24. The van der Waals surface area contributed by atoms with Crippen molar-refractivity contribution in [3.05, 3.63) is 58.6 Å². The Kier molecular flexibility index (Phi) is 6.44. The van der Waals surface area contributed by atoms with E-state index >= 15 is 0 Å². The highest BCUT2D eigenvalue weighted by molar-refractivity contribution is 8.93. The molecule has 0 atom stereocenters. The van der Waals surface area contributed by atoms with Crippen molar-refractivity contribution in [2.45, 2.75) is 45.7 Å². The molecule has 0 N–H and O–H groups in total. The van der Waals surface area contributed by atoms with Crippen LogP contribution in [0.1, 0.15) is 30.0 Å². The lowest BCUT2D eigenvalue weighted by Gasteiger charge is -2.07. The first-order chi connectivity index (χ1) is 12.7. The molecule has 27 heavy (non-hydrogen) atoms. The van der Waals surface area contributed by atoms with E-state index in [0.717, 1.165) is 47.2 Å². The number of halogens is 1. The third-order valence-corrected chi connectivity index (χ3v) is 5.56. The minimum absolute atomic E-state index is 0. The number of rotatable bonds is 4. The average Bonchev–Trinajstić information content (AvgIpc) is 3.11. The minimum atomic E-state index is 0. The third kappa shape index (κ3) is 4.30. The molecule has 0 unspecified atom stereocenters. The zero-order valence-corrected chi connectivity index (χ0v) is 18.0. The van der Waals surface area contributed by atoms with Crippen LogP contribution in [0.4, 0.5) is 5.69 Å². The van der Waals surface area contributed by atoms with Crippen LogP contribution in [0.25, 0.3) is 11.4 Å². The van der Waals surface area contributed by atoms with E-state index in [9.17, 15) is 0 Å². The summed E-state index contributed by atoms with van der Waals surface area (Å²) < 4.78 is 4.40. The summed E-state index contributed by atoms with van der Waals surface area (Å²) in [7, 11) is 0. The standard InChI is InChI=1S/C20H23N5S.BrH/c1-3-12-24-14-15(2)26-20(24)21-17-10-8-16(9-11-17)19-23-22-18-7-5-4-6-13-25(18)19;/h3,8-11,14H,1,4-7,12-13H2,2H3;1H. The molecule has 0 fully saturated rings. The SMILES string of the molecule is Br.C=CCn1cc(C)sc1=Nc1ccc(-c2nnc3n2CCCCC3)cc1. The van der Waals surface area contributed by atoms with Crippen LogP contribution in [0.15, 0.2) is 48.1 Å². The van der Waals surface area contributed by atoms with Crippen molar-refractivity contribution < 1.29 is 0 Å². The van der Waals surface area contributed by atoms with Crippen LogP contribution >= 0.6 is 28.3 Å².